The Kier molecular flexibility index (Phi) is 4.60. The first-order valence-electron chi connectivity index (χ1n) is 6.72. The fourth-order valence-electron chi connectivity index (χ4n) is 2.24. The number of carbonyl (C=O) groups is 1. The molecule has 1 aliphatic rings. The van der Waals surface area contributed by atoms with Gasteiger partial charge < -0.3 is 15.2 Å². The standard InChI is InChI=1S/C14H21NO3S/c1-3-11-10(2)8-12(19-11)13(16)15-9-14(17)4-6-18-7-5-14/h8,17H,3-7,9H2,1-2H3,(H,15,16). The minimum atomic E-state index is -0.812. The Morgan fingerprint density at radius 1 is 1.53 bits per heavy atom. The second kappa shape index (κ2) is 6.03. The van der Waals surface area contributed by atoms with Gasteiger partial charge in [0.05, 0.1) is 10.5 Å². The Bertz CT molecular complexity index is 450. The molecule has 1 aliphatic heterocycles. The van der Waals surface area contributed by atoms with Crippen LogP contribution >= 0.6 is 11.3 Å². The van der Waals surface area contributed by atoms with Gasteiger partial charge in [-0.2, -0.15) is 0 Å². The number of carbonyl (C=O) groups excluding carboxylic acids is 1. The first kappa shape index (κ1) is 14.5. The largest absolute Gasteiger partial charge is 0.388 e. The summed E-state index contributed by atoms with van der Waals surface area (Å²) in [6.45, 7) is 5.53. The highest BCUT2D eigenvalue weighted by Crippen LogP contribution is 2.23. The normalized spacial score (nSPS) is 18.3. The average Bonchev–Trinajstić information content (AvgIpc) is 2.78. The van der Waals surface area contributed by atoms with Crippen LogP contribution in [0.3, 0.4) is 0 Å². The average molecular weight is 283 g/mol. The second-order valence-corrected chi connectivity index (χ2v) is 6.23. The number of thiophene rings is 1. The molecule has 0 spiro atoms. The van der Waals surface area contributed by atoms with E-state index in [1.54, 1.807) is 0 Å². The van der Waals surface area contributed by atoms with Gasteiger partial charge >= 0.3 is 0 Å². The van der Waals surface area contributed by atoms with Crippen LogP contribution in [0.15, 0.2) is 6.07 Å². The molecule has 0 atom stereocenters. The maximum Gasteiger partial charge on any atom is 0.261 e. The number of ether oxygens (including phenoxy) is 1. The molecule has 1 amide bonds. The van der Waals surface area contributed by atoms with E-state index in [9.17, 15) is 9.90 Å². The highest BCUT2D eigenvalue weighted by molar-refractivity contribution is 7.14. The van der Waals surface area contributed by atoms with Crippen LogP contribution in [-0.4, -0.2) is 36.4 Å². The lowest BCUT2D eigenvalue weighted by molar-refractivity contribution is -0.0605. The van der Waals surface area contributed by atoms with Crippen molar-refractivity contribution in [2.45, 2.75) is 38.7 Å². The maximum absolute atomic E-state index is 12.1. The Morgan fingerprint density at radius 2 is 2.21 bits per heavy atom. The van der Waals surface area contributed by atoms with Gasteiger partial charge in [-0.05, 0) is 25.0 Å². The van der Waals surface area contributed by atoms with Gasteiger partial charge in [0.25, 0.3) is 5.91 Å². The number of hydrogen-bond acceptors (Lipinski definition) is 4. The van der Waals surface area contributed by atoms with Crippen LogP contribution < -0.4 is 5.32 Å². The molecule has 2 N–H and O–H groups in total. The van der Waals surface area contributed by atoms with Gasteiger partial charge in [0.15, 0.2) is 0 Å². The predicted octanol–water partition coefficient (Wildman–Crippen LogP) is 1.89. The van der Waals surface area contributed by atoms with E-state index in [0.29, 0.717) is 32.6 Å². The van der Waals surface area contributed by atoms with Crippen molar-refractivity contribution in [1.82, 2.24) is 5.32 Å². The van der Waals surface area contributed by atoms with E-state index in [4.69, 9.17) is 4.74 Å². The van der Waals surface area contributed by atoms with Gasteiger partial charge in [0.1, 0.15) is 0 Å². The predicted molar refractivity (Wildman–Crippen MR) is 75.8 cm³/mol. The number of amides is 1. The summed E-state index contributed by atoms with van der Waals surface area (Å²) in [6, 6.07) is 1.92. The Morgan fingerprint density at radius 3 is 2.79 bits per heavy atom. The smallest absolute Gasteiger partial charge is 0.261 e. The molecule has 1 aromatic rings. The molecule has 0 bridgehead atoms. The van der Waals surface area contributed by atoms with Crippen molar-refractivity contribution in [3.05, 3.63) is 21.4 Å². The third-order valence-corrected chi connectivity index (χ3v) is 4.95. The highest BCUT2D eigenvalue weighted by Gasteiger charge is 2.30. The van der Waals surface area contributed by atoms with Crippen LogP contribution in [0.4, 0.5) is 0 Å². The van der Waals surface area contributed by atoms with Crippen LogP contribution in [0, 0.1) is 6.92 Å². The first-order chi connectivity index (χ1) is 9.04. The number of nitrogens with one attached hydrogen (secondary N) is 1. The zero-order valence-electron chi connectivity index (χ0n) is 11.5. The molecule has 4 nitrogen and oxygen atoms in total. The van der Waals surface area contributed by atoms with Crippen molar-refractivity contribution in [2.75, 3.05) is 19.8 Å². The van der Waals surface area contributed by atoms with Gasteiger partial charge in [-0.1, -0.05) is 6.92 Å². The lowest BCUT2D eigenvalue weighted by Gasteiger charge is -2.31. The summed E-state index contributed by atoms with van der Waals surface area (Å²) < 4.78 is 5.22. The van der Waals surface area contributed by atoms with Crippen molar-refractivity contribution in [1.29, 1.82) is 0 Å². The second-order valence-electron chi connectivity index (χ2n) is 5.09. The molecule has 0 saturated carbocycles. The monoisotopic (exact) mass is 283 g/mol. The summed E-state index contributed by atoms with van der Waals surface area (Å²) in [4.78, 5) is 14.0. The fraction of sp³-hybridized carbons (Fsp3) is 0.643. The highest BCUT2D eigenvalue weighted by atomic mass is 32.1. The molecule has 0 radical (unpaired) electrons. The summed E-state index contributed by atoms with van der Waals surface area (Å²) in [7, 11) is 0. The third-order valence-electron chi connectivity index (χ3n) is 3.57. The molecular formula is C14H21NO3S. The fourth-order valence-corrected chi connectivity index (χ4v) is 3.27. The van der Waals surface area contributed by atoms with E-state index in [0.717, 1.165) is 11.3 Å². The van der Waals surface area contributed by atoms with Gasteiger partial charge in [-0.25, -0.2) is 0 Å². The molecule has 2 rings (SSSR count). The van der Waals surface area contributed by atoms with E-state index in [-0.39, 0.29) is 5.91 Å². The molecule has 0 unspecified atom stereocenters. The Balaban J connectivity index is 1.93. The summed E-state index contributed by atoms with van der Waals surface area (Å²) >= 11 is 1.53. The lowest BCUT2D eigenvalue weighted by atomic mass is 9.94. The van der Waals surface area contributed by atoms with Crippen molar-refractivity contribution < 1.29 is 14.6 Å². The SMILES string of the molecule is CCc1sc(C(=O)NCC2(O)CCOCC2)cc1C. The van der Waals surface area contributed by atoms with Gasteiger partial charge in [-0.3, -0.25) is 4.79 Å². The van der Waals surface area contributed by atoms with E-state index in [1.807, 2.05) is 13.0 Å². The summed E-state index contributed by atoms with van der Waals surface area (Å²) in [5.74, 6) is -0.0901. The molecule has 0 aliphatic carbocycles. The zero-order valence-corrected chi connectivity index (χ0v) is 12.3. The molecule has 106 valence electrons. The molecule has 1 saturated heterocycles. The Labute approximate surface area is 117 Å². The molecule has 2 heterocycles. The van der Waals surface area contributed by atoms with Crippen molar-refractivity contribution in [3.8, 4) is 0 Å². The molecule has 5 heteroatoms. The van der Waals surface area contributed by atoms with E-state index in [1.165, 1.54) is 21.8 Å². The van der Waals surface area contributed by atoms with E-state index in [2.05, 4.69) is 12.2 Å². The van der Waals surface area contributed by atoms with Gasteiger partial charge in [-0.15, -0.1) is 11.3 Å². The maximum atomic E-state index is 12.1. The number of hydrogen-bond donors (Lipinski definition) is 2. The quantitative estimate of drug-likeness (QED) is 0.887. The minimum absolute atomic E-state index is 0.0901. The summed E-state index contributed by atoms with van der Waals surface area (Å²) in [6.07, 6.45) is 2.11. The number of aryl methyl sites for hydroxylation is 2. The van der Waals surface area contributed by atoms with Gasteiger partial charge in [0.2, 0.25) is 0 Å². The molecule has 1 fully saturated rings. The van der Waals surface area contributed by atoms with Gasteiger partial charge in [0, 0.05) is 37.5 Å². The van der Waals surface area contributed by atoms with Crippen molar-refractivity contribution >= 4 is 17.2 Å². The van der Waals surface area contributed by atoms with E-state index < -0.39 is 5.60 Å². The third kappa shape index (κ3) is 3.55. The molecule has 19 heavy (non-hydrogen) atoms. The summed E-state index contributed by atoms with van der Waals surface area (Å²) in [5, 5.41) is 13.1. The number of aliphatic hydroxyl groups is 1. The van der Waals surface area contributed by atoms with Crippen molar-refractivity contribution in [2.24, 2.45) is 0 Å². The topological polar surface area (TPSA) is 58.6 Å². The lowest BCUT2D eigenvalue weighted by Crippen LogP contribution is -2.46. The van der Waals surface area contributed by atoms with Crippen LogP contribution in [0.25, 0.3) is 0 Å². The van der Waals surface area contributed by atoms with Crippen LogP contribution in [-0.2, 0) is 11.2 Å². The summed E-state index contributed by atoms with van der Waals surface area (Å²) in [5.41, 5.74) is 0.357. The molecule has 1 aromatic heterocycles. The molecule has 0 aromatic carbocycles. The van der Waals surface area contributed by atoms with Crippen molar-refractivity contribution in [3.63, 3.8) is 0 Å². The zero-order chi connectivity index (χ0) is 13.9. The Hall–Kier alpha value is -0.910. The first-order valence-corrected chi connectivity index (χ1v) is 7.53. The minimum Gasteiger partial charge on any atom is -0.388 e. The van der Waals surface area contributed by atoms with Crippen LogP contribution in [0.5, 0.6) is 0 Å². The van der Waals surface area contributed by atoms with Crippen LogP contribution in [0.1, 0.15) is 39.9 Å². The molecular weight excluding hydrogens is 262 g/mol. The number of rotatable bonds is 4. The van der Waals surface area contributed by atoms with Crippen LogP contribution in [0.2, 0.25) is 0 Å². The van der Waals surface area contributed by atoms with E-state index >= 15 is 0 Å².